The first-order chi connectivity index (χ1) is 8.19. The Morgan fingerprint density at radius 2 is 2.35 bits per heavy atom. The van der Waals surface area contributed by atoms with Gasteiger partial charge in [0.15, 0.2) is 0 Å². The SMILES string of the molecule is COC1CCCN(Cc2ccc(O)c(Br)c2)C1. The predicted molar refractivity (Wildman–Crippen MR) is 71.1 cm³/mol. The van der Waals surface area contributed by atoms with E-state index in [0.29, 0.717) is 11.9 Å². The molecule has 1 aromatic rings. The minimum absolute atomic E-state index is 0.294. The Balaban J connectivity index is 1.97. The lowest BCUT2D eigenvalue weighted by Crippen LogP contribution is -2.38. The molecule has 1 aliphatic heterocycles. The van der Waals surface area contributed by atoms with Crippen LogP contribution in [-0.2, 0) is 11.3 Å². The van der Waals surface area contributed by atoms with Gasteiger partial charge >= 0.3 is 0 Å². The molecule has 1 aromatic carbocycles. The van der Waals surface area contributed by atoms with Crippen LogP contribution in [0.15, 0.2) is 22.7 Å². The van der Waals surface area contributed by atoms with Crippen LogP contribution in [0, 0.1) is 0 Å². The number of hydrogen-bond acceptors (Lipinski definition) is 3. The summed E-state index contributed by atoms with van der Waals surface area (Å²) in [7, 11) is 1.78. The fourth-order valence-electron chi connectivity index (χ4n) is 2.26. The fourth-order valence-corrected chi connectivity index (χ4v) is 2.68. The van der Waals surface area contributed by atoms with Gasteiger partial charge in [-0.05, 0) is 53.0 Å². The summed E-state index contributed by atoms with van der Waals surface area (Å²) in [4.78, 5) is 2.40. The van der Waals surface area contributed by atoms with Crippen molar-refractivity contribution < 1.29 is 9.84 Å². The Morgan fingerprint density at radius 1 is 1.53 bits per heavy atom. The van der Waals surface area contributed by atoms with Gasteiger partial charge in [0.25, 0.3) is 0 Å². The van der Waals surface area contributed by atoms with E-state index in [2.05, 4.69) is 20.8 Å². The van der Waals surface area contributed by atoms with Crippen molar-refractivity contribution in [3.05, 3.63) is 28.2 Å². The minimum Gasteiger partial charge on any atom is -0.507 e. The first kappa shape index (κ1) is 12.9. The van der Waals surface area contributed by atoms with Crippen LogP contribution in [0.2, 0.25) is 0 Å². The molecule has 1 saturated heterocycles. The monoisotopic (exact) mass is 299 g/mol. The lowest BCUT2D eigenvalue weighted by Gasteiger charge is -2.31. The maximum atomic E-state index is 9.45. The van der Waals surface area contributed by atoms with E-state index in [9.17, 15) is 5.11 Å². The van der Waals surface area contributed by atoms with Crippen LogP contribution in [0.1, 0.15) is 18.4 Å². The summed E-state index contributed by atoms with van der Waals surface area (Å²) in [6.45, 7) is 3.03. The number of rotatable bonds is 3. The molecule has 1 N–H and O–H groups in total. The maximum Gasteiger partial charge on any atom is 0.129 e. The Hall–Kier alpha value is -0.580. The molecule has 94 valence electrons. The van der Waals surface area contributed by atoms with Crippen molar-refractivity contribution >= 4 is 15.9 Å². The van der Waals surface area contributed by atoms with Crippen molar-refractivity contribution in [2.75, 3.05) is 20.2 Å². The summed E-state index contributed by atoms with van der Waals surface area (Å²) in [6.07, 6.45) is 2.72. The molecule has 0 radical (unpaired) electrons. The smallest absolute Gasteiger partial charge is 0.129 e. The standard InChI is InChI=1S/C13H18BrNO2/c1-17-11-3-2-6-15(9-11)8-10-4-5-13(16)12(14)7-10/h4-5,7,11,16H,2-3,6,8-9H2,1H3. The zero-order valence-corrected chi connectivity index (χ0v) is 11.6. The number of nitrogens with zero attached hydrogens (tertiary/aromatic N) is 1. The van der Waals surface area contributed by atoms with E-state index in [1.54, 1.807) is 13.2 Å². The Labute approximate surface area is 111 Å². The van der Waals surface area contributed by atoms with E-state index in [-0.39, 0.29) is 0 Å². The molecule has 1 unspecified atom stereocenters. The third-order valence-corrected chi connectivity index (χ3v) is 3.85. The number of piperidine rings is 1. The number of aromatic hydroxyl groups is 1. The molecule has 0 aromatic heterocycles. The van der Waals surface area contributed by atoms with Gasteiger partial charge in [0.1, 0.15) is 5.75 Å². The molecule has 4 heteroatoms. The van der Waals surface area contributed by atoms with Crippen LogP contribution in [0.5, 0.6) is 5.75 Å². The quantitative estimate of drug-likeness (QED) is 0.931. The summed E-state index contributed by atoms with van der Waals surface area (Å²) in [5.41, 5.74) is 1.21. The van der Waals surface area contributed by atoms with Crippen molar-refractivity contribution in [2.45, 2.75) is 25.5 Å². The van der Waals surface area contributed by atoms with E-state index >= 15 is 0 Å². The second-order valence-corrected chi connectivity index (χ2v) is 5.38. The van der Waals surface area contributed by atoms with Crippen molar-refractivity contribution in [2.24, 2.45) is 0 Å². The van der Waals surface area contributed by atoms with Gasteiger partial charge < -0.3 is 9.84 Å². The highest BCUT2D eigenvalue weighted by molar-refractivity contribution is 9.10. The number of methoxy groups -OCH3 is 1. The topological polar surface area (TPSA) is 32.7 Å². The van der Waals surface area contributed by atoms with Gasteiger partial charge in [0.2, 0.25) is 0 Å². The zero-order chi connectivity index (χ0) is 12.3. The average Bonchev–Trinajstić information content (AvgIpc) is 2.34. The summed E-state index contributed by atoms with van der Waals surface area (Å²) in [5.74, 6) is 0.294. The molecule has 0 spiro atoms. The van der Waals surface area contributed by atoms with Crippen LogP contribution in [0.4, 0.5) is 0 Å². The third-order valence-electron chi connectivity index (χ3n) is 3.21. The number of hydrogen-bond donors (Lipinski definition) is 1. The predicted octanol–water partition coefficient (Wildman–Crippen LogP) is 2.77. The number of phenols is 1. The number of benzene rings is 1. The van der Waals surface area contributed by atoms with Crippen LogP contribution < -0.4 is 0 Å². The van der Waals surface area contributed by atoms with Crippen LogP contribution in [0.3, 0.4) is 0 Å². The minimum atomic E-state index is 0.294. The maximum absolute atomic E-state index is 9.45. The molecule has 0 aliphatic carbocycles. The second-order valence-electron chi connectivity index (χ2n) is 4.52. The van der Waals surface area contributed by atoms with E-state index in [0.717, 1.165) is 30.5 Å². The summed E-state index contributed by atoms with van der Waals surface area (Å²) < 4.78 is 6.17. The average molecular weight is 300 g/mol. The highest BCUT2D eigenvalue weighted by Crippen LogP contribution is 2.25. The van der Waals surface area contributed by atoms with E-state index in [1.807, 2.05) is 12.1 Å². The van der Waals surface area contributed by atoms with Crippen molar-refractivity contribution in [1.29, 1.82) is 0 Å². The molecule has 1 fully saturated rings. The first-order valence-electron chi connectivity index (χ1n) is 5.91. The summed E-state index contributed by atoms with van der Waals surface area (Å²) in [5, 5.41) is 9.45. The molecule has 3 nitrogen and oxygen atoms in total. The van der Waals surface area contributed by atoms with Gasteiger partial charge in [-0.1, -0.05) is 6.07 Å². The molecule has 0 saturated carbocycles. The van der Waals surface area contributed by atoms with Gasteiger partial charge in [0.05, 0.1) is 10.6 Å². The van der Waals surface area contributed by atoms with E-state index in [1.165, 1.54) is 12.0 Å². The largest absolute Gasteiger partial charge is 0.507 e. The van der Waals surface area contributed by atoms with Crippen LogP contribution in [0.25, 0.3) is 0 Å². The molecule has 1 aliphatic rings. The number of likely N-dealkylation sites (tertiary alicyclic amines) is 1. The van der Waals surface area contributed by atoms with Gasteiger partial charge in [0, 0.05) is 20.2 Å². The number of phenolic OH excluding ortho intramolecular Hbond substituents is 1. The lowest BCUT2D eigenvalue weighted by atomic mass is 10.1. The van der Waals surface area contributed by atoms with E-state index in [4.69, 9.17) is 4.74 Å². The zero-order valence-electron chi connectivity index (χ0n) is 10.0. The lowest BCUT2D eigenvalue weighted by molar-refractivity contribution is 0.0285. The molecule has 0 bridgehead atoms. The number of ether oxygens (including phenoxy) is 1. The van der Waals surface area contributed by atoms with Crippen molar-refractivity contribution in [1.82, 2.24) is 4.90 Å². The second kappa shape index (κ2) is 5.85. The summed E-state index contributed by atoms with van der Waals surface area (Å²) >= 11 is 3.34. The van der Waals surface area contributed by atoms with Gasteiger partial charge in [-0.15, -0.1) is 0 Å². The Morgan fingerprint density at radius 3 is 3.06 bits per heavy atom. The van der Waals surface area contributed by atoms with Crippen molar-refractivity contribution in [3.63, 3.8) is 0 Å². The third kappa shape index (κ3) is 3.44. The van der Waals surface area contributed by atoms with Crippen molar-refractivity contribution in [3.8, 4) is 5.75 Å². The van der Waals surface area contributed by atoms with Crippen LogP contribution >= 0.6 is 15.9 Å². The molecular weight excluding hydrogens is 282 g/mol. The molecular formula is C13H18BrNO2. The fraction of sp³-hybridized carbons (Fsp3) is 0.538. The Kier molecular flexibility index (Phi) is 4.42. The highest BCUT2D eigenvalue weighted by atomic mass is 79.9. The number of halogens is 1. The molecule has 17 heavy (non-hydrogen) atoms. The normalized spacial score (nSPS) is 21.6. The first-order valence-corrected chi connectivity index (χ1v) is 6.71. The molecule has 0 amide bonds. The Bertz CT molecular complexity index is 384. The van der Waals surface area contributed by atoms with Gasteiger partial charge in [-0.25, -0.2) is 0 Å². The molecule has 1 heterocycles. The van der Waals surface area contributed by atoms with Gasteiger partial charge in [-0.3, -0.25) is 4.90 Å². The van der Waals surface area contributed by atoms with E-state index < -0.39 is 0 Å². The summed E-state index contributed by atoms with van der Waals surface area (Å²) in [6, 6.07) is 5.68. The van der Waals surface area contributed by atoms with Crippen LogP contribution in [-0.4, -0.2) is 36.3 Å². The van der Waals surface area contributed by atoms with Gasteiger partial charge in [-0.2, -0.15) is 0 Å². The highest BCUT2D eigenvalue weighted by Gasteiger charge is 2.19. The molecule has 2 rings (SSSR count). The molecule has 1 atom stereocenters.